The van der Waals surface area contributed by atoms with E-state index in [2.05, 4.69) is 32.2 Å². The second-order valence-corrected chi connectivity index (χ2v) is 2.53. The Bertz CT molecular complexity index is 277. The summed E-state index contributed by atoms with van der Waals surface area (Å²) in [7, 11) is 0. The molecule has 0 aliphatic carbocycles. The maximum atomic E-state index is 11.4. The van der Waals surface area contributed by atoms with Crippen LogP contribution in [0.2, 0.25) is 0 Å². The monoisotopic (exact) mass is 182 g/mol. The van der Waals surface area contributed by atoms with Crippen molar-refractivity contribution in [3.63, 3.8) is 0 Å². The molecule has 0 unspecified atom stereocenters. The van der Waals surface area contributed by atoms with Gasteiger partial charge in [-0.1, -0.05) is 0 Å². The quantitative estimate of drug-likeness (QED) is 0.323. The van der Waals surface area contributed by atoms with Crippen LogP contribution in [-0.2, 0) is 0 Å². The molecule has 70 valence electrons. The van der Waals surface area contributed by atoms with Crippen LogP contribution in [0.5, 0.6) is 0 Å². The predicted octanol–water partition coefficient (Wildman–Crippen LogP) is -1.85. The highest BCUT2D eigenvalue weighted by Gasteiger charge is 2.15. The van der Waals surface area contributed by atoms with Crippen LogP contribution in [0.15, 0.2) is 18.3 Å². The zero-order chi connectivity index (χ0) is 9.10. The fraction of sp³-hybridized carbons (Fsp3) is 0.167. The molecule has 0 aromatic carbocycles. The smallest absolute Gasteiger partial charge is 0.269 e. The number of hydrogen-bond donors (Lipinski definition) is 6. The van der Waals surface area contributed by atoms with E-state index < -0.39 is 0 Å². The molecule has 1 aliphatic rings. The van der Waals surface area contributed by atoms with Crippen molar-refractivity contribution in [2.24, 2.45) is 0 Å². The molecule has 0 bridgehead atoms. The molecule has 1 aromatic rings. The van der Waals surface area contributed by atoms with E-state index in [-0.39, 0.29) is 12.2 Å². The van der Waals surface area contributed by atoms with Crippen LogP contribution in [0.4, 0.5) is 0 Å². The van der Waals surface area contributed by atoms with E-state index >= 15 is 0 Å². The van der Waals surface area contributed by atoms with Crippen LogP contribution in [0.1, 0.15) is 10.5 Å². The molecular weight excluding hydrogens is 172 g/mol. The van der Waals surface area contributed by atoms with Crippen molar-refractivity contribution in [2.75, 3.05) is 0 Å². The fourth-order valence-electron chi connectivity index (χ4n) is 1.01. The first kappa shape index (κ1) is 8.20. The Balaban J connectivity index is 1.91. The maximum absolute atomic E-state index is 11.4. The van der Waals surface area contributed by atoms with Gasteiger partial charge >= 0.3 is 0 Å². The van der Waals surface area contributed by atoms with Crippen LogP contribution < -0.4 is 27.2 Å². The molecular formula is C6H10N6O. The maximum Gasteiger partial charge on any atom is 0.269 e. The van der Waals surface area contributed by atoms with Gasteiger partial charge in [-0.05, 0) is 12.1 Å². The third-order valence-electron chi connectivity index (χ3n) is 1.61. The van der Waals surface area contributed by atoms with Gasteiger partial charge in [0.15, 0.2) is 6.29 Å². The van der Waals surface area contributed by atoms with E-state index in [1.165, 1.54) is 0 Å². The molecule has 1 aliphatic heterocycles. The highest BCUT2D eigenvalue weighted by molar-refractivity contribution is 5.92. The second kappa shape index (κ2) is 3.54. The van der Waals surface area contributed by atoms with Gasteiger partial charge in [0.1, 0.15) is 5.69 Å². The van der Waals surface area contributed by atoms with Crippen LogP contribution >= 0.6 is 0 Å². The van der Waals surface area contributed by atoms with Crippen molar-refractivity contribution < 1.29 is 4.79 Å². The third-order valence-corrected chi connectivity index (χ3v) is 1.61. The second-order valence-electron chi connectivity index (χ2n) is 2.53. The average Bonchev–Trinajstić information content (AvgIpc) is 2.74. The van der Waals surface area contributed by atoms with E-state index in [0.717, 1.165) is 0 Å². The predicted molar refractivity (Wildman–Crippen MR) is 44.6 cm³/mol. The molecule has 6 N–H and O–H groups in total. The van der Waals surface area contributed by atoms with Crippen LogP contribution in [-0.4, -0.2) is 17.2 Å². The Morgan fingerprint density at radius 2 is 2.15 bits per heavy atom. The minimum atomic E-state index is -0.323. The van der Waals surface area contributed by atoms with E-state index in [0.29, 0.717) is 5.69 Å². The van der Waals surface area contributed by atoms with Crippen molar-refractivity contribution in [1.82, 2.24) is 32.2 Å². The number of nitrogens with one attached hydrogen (secondary N) is 6. The number of amides is 1. The molecule has 13 heavy (non-hydrogen) atoms. The summed E-state index contributed by atoms with van der Waals surface area (Å²) >= 11 is 0. The van der Waals surface area contributed by atoms with Crippen LogP contribution in [0.3, 0.4) is 0 Å². The molecule has 1 amide bonds. The highest BCUT2D eigenvalue weighted by atomic mass is 16.2. The molecule has 2 heterocycles. The Labute approximate surface area is 74.2 Å². The standard InChI is InChI=1S/C6H10N6O/c13-5(4-2-1-3-7-4)8-6-9-11-12-10-6/h1-3,6-7,9-12H,(H,8,13). The average molecular weight is 182 g/mol. The lowest BCUT2D eigenvalue weighted by molar-refractivity contribution is 0.0922. The zero-order valence-corrected chi connectivity index (χ0v) is 6.72. The lowest BCUT2D eigenvalue weighted by Gasteiger charge is -2.09. The Morgan fingerprint density at radius 3 is 2.77 bits per heavy atom. The summed E-state index contributed by atoms with van der Waals surface area (Å²) < 4.78 is 0. The molecule has 7 heteroatoms. The zero-order valence-electron chi connectivity index (χ0n) is 6.72. The van der Waals surface area contributed by atoms with Crippen molar-refractivity contribution >= 4 is 5.91 Å². The van der Waals surface area contributed by atoms with Gasteiger partial charge in [-0.2, -0.15) is 11.1 Å². The van der Waals surface area contributed by atoms with Gasteiger partial charge in [0.25, 0.3) is 5.91 Å². The molecule has 2 rings (SSSR count). The minimum absolute atomic E-state index is 0.180. The van der Waals surface area contributed by atoms with Crippen LogP contribution in [0.25, 0.3) is 0 Å². The van der Waals surface area contributed by atoms with Gasteiger partial charge in [0.05, 0.1) is 0 Å². The van der Waals surface area contributed by atoms with Gasteiger partial charge in [-0.25, -0.2) is 10.9 Å². The number of hydrazine groups is 3. The first-order valence-electron chi connectivity index (χ1n) is 3.81. The summed E-state index contributed by atoms with van der Waals surface area (Å²) in [4.78, 5) is 14.2. The number of aromatic nitrogens is 1. The number of H-pyrrole nitrogens is 1. The van der Waals surface area contributed by atoms with Gasteiger partial charge < -0.3 is 10.3 Å². The lowest BCUT2D eigenvalue weighted by atomic mass is 10.4. The van der Waals surface area contributed by atoms with Gasteiger partial charge in [0, 0.05) is 6.20 Å². The third kappa shape index (κ3) is 1.84. The SMILES string of the molecule is O=C(NC1NNNN1)c1ccc[nH]1. The largest absolute Gasteiger partial charge is 0.357 e. The number of carbonyl (C=O) groups excluding carboxylic acids is 1. The molecule has 1 saturated heterocycles. The summed E-state index contributed by atoms with van der Waals surface area (Å²) in [6.07, 6.45) is 1.37. The Morgan fingerprint density at radius 1 is 1.38 bits per heavy atom. The van der Waals surface area contributed by atoms with Gasteiger partial charge in [-0.3, -0.25) is 4.79 Å². The van der Waals surface area contributed by atoms with E-state index in [9.17, 15) is 4.79 Å². The van der Waals surface area contributed by atoms with Crippen molar-refractivity contribution in [2.45, 2.75) is 6.29 Å². The van der Waals surface area contributed by atoms with Crippen LogP contribution in [0, 0.1) is 0 Å². The summed E-state index contributed by atoms with van der Waals surface area (Å²) in [5.41, 5.74) is 11.2. The van der Waals surface area contributed by atoms with E-state index in [1.54, 1.807) is 18.3 Å². The summed E-state index contributed by atoms with van der Waals surface area (Å²) in [6.45, 7) is 0. The first-order chi connectivity index (χ1) is 6.36. The van der Waals surface area contributed by atoms with Crippen molar-refractivity contribution in [3.05, 3.63) is 24.0 Å². The molecule has 0 radical (unpaired) electrons. The van der Waals surface area contributed by atoms with Crippen molar-refractivity contribution in [3.8, 4) is 0 Å². The fourth-order valence-corrected chi connectivity index (χ4v) is 1.01. The highest BCUT2D eigenvalue weighted by Crippen LogP contribution is 1.93. The van der Waals surface area contributed by atoms with Crippen molar-refractivity contribution in [1.29, 1.82) is 0 Å². The first-order valence-corrected chi connectivity index (χ1v) is 3.81. The topological polar surface area (TPSA) is 93.0 Å². The van der Waals surface area contributed by atoms with Gasteiger partial charge in [0.2, 0.25) is 0 Å². The van der Waals surface area contributed by atoms with E-state index in [4.69, 9.17) is 0 Å². The number of hydrogen-bond acceptors (Lipinski definition) is 5. The Kier molecular flexibility index (Phi) is 2.23. The van der Waals surface area contributed by atoms with Gasteiger partial charge in [-0.15, -0.1) is 0 Å². The molecule has 1 fully saturated rings. The van der Waals surface area contributed by atoms with E-state index in [1.807, 2.05) is 0 Å². The molecule has 0 spiro atoms. The minimum Gasteiger partial charge on any atom is -0.357 e. The summed E-state index contributed by atoms with van der Waals surface area (Å²) in [5.74, 6) is -0.180. The summed E-state index contributed by atoms with van der Waals surface area (Å²) in [6, 6.07) is 3.46. The number of carbonyl (C=O) groups is 1. The normalized spacial score (nSPS) is 17.5. The number of rotatable bonds is 2. The molecule has 7 nitrogen and oxygen atoms in total. The lowest BCUT2D eigenvalue weighted by Crippen LogP contribution is -2.49. The molecule has 1 aromatic heterocycles. The Hall–Kier alpha value is -1.41. The summed E-state index contributed by atoms with van der Waals surface area (Å²) in [5, 5.41) is 2.66. The molecule has 0 saturated carbocycles. The number of aromatic amines is 1. The molecule has 0 atom stereocenters.